The van der Waals surface area contributed by atoms with Crippen LogP contribution in [-0.2, 0) is 0 Å². The summed E-state index contributed by atoms with van der Waals surface area (Å²) in [6.45, 7) is 1.68. The third-order valence-electron chi connectivity index (χ3n) is 2.87. The highest BCUT2D eigenvalue weighted by atomic mass is 35.5. The summed E-state index contributed by atoms with van der Waals surface area (Å²) in [5, 5.41) is 3.23. The molecule has 2 heterocycles. The van der Waals surface area contributed by atoms with Crippen molar-refractivity contribution in [3.63, 3.8) is 0 Å². The number of hydrogen-bond donors (Lipinski definition) is 1. The number of halogens is 1. The molecule has 0 unspecified atom stereocenters. The van der Waals surface area contributed by atoms with E-state index in [1.54, 1.807) is 18.3 Å². The molecule has 0 aliphatic carbocycles. The predicted octanol–water partition coefficient (Wildman–Crippen LogP) is 3.14. The van der Waals surface area contributed by atoms with Gasteiger partial charge in [-0.3, -0.25) is 0 Å². The number of carbonyl (C=O) groups is 1. The number of aromatic nitrogens is 1. The fourth-order valence-corrected chi connectivity index (χ4v) is 2.13. The van der Waals surface area contributed by atoms with Crippen LogP contribution in [0, 0.1) is 0 Å². The summed E-state index contributed by atoms with van der Waals surface area (Å²) in [7, 11) is 0. The minimum absolute atomic E-state index is 0.0471. The molecule has 0 radical (unpaired) electrons. The average Bonchev–Trinajstić information content (AvgIpc) is 2.57. The van der Waals surface area contributed by atoms with E-state index < -0.39 is 0 Å². The Balaban J connectivity index is 1.95. The number of anilines is 1. The van der Waals surface area contributed by atoms with E-state index in [0.29, 0.717) is 10.8 Å². The van der Waals surface area contributed by atoms with Gasteiger partial charge in [0.05, 0.1) is 0 Å². The highest BCUT2D eigenvalue weighted by molar-refractivity contribution is 6.29. The van der Waals surface area contributed by atoms with Gasteiger partial charge < -0.3 is 10.2 Å². The molecule has 0 aromatic carbocycles. The number of likely N-dealkylation sites (tertiary alicyclic amines) is 1. The zero-order valence-electron chi connectivity index (χ0n) is 9.66. The summed E-state index contributed by atoms with van der Waals surface area (Å²) < 4.78 is 0. The molecule has 2 rings (SSSR count). The molecule has 0 spiro atoms. The van der Waals surface area contributed by atoms with Crippen molar-refractivity contribution in [2.75, 3.05) is 18.4 Å². The quantitative estimate of drug-likeness (QED) is 0.782. The van der Waals surface area contributed by atoms with Crippen LogP contribution in [0.5, 0.6) is 0 Å². The van der Waals surface area contributed by atoms with Gasteiger partial charge in [-0.1, -0.05) is 24.4 Å². The first kappa shape index (κ1) is 12.2. The molecule has 92 valence electrons. The summed E-state index contributed by atoms with van der Waals surface area (Å²) in [6.07, 6.45) is 6.19. The third kappa shape index (κ3) is 3.60. The minimum atomic E-state index is -0.0471. The Morgan fingerprint density at radius 2 is 2.00 bits per heavy atom. The number of amides is 2. The van der Waals surface area contributed by atoms with Gasteiger partial charge in [-0.2, -0.15) is 0 Å². The Morgan fingerprint density at radius 3 is 2.65 bits per heavy atom. The monoisotopic (exact) mass is 253 g/mol. The molecule has 0 saturated carbocycles. The maximum Gasteiger partial charge on any atom is 0.321 e. The number of pyridine rings is 1. The van der Waals surface area contributed by atoms with Crippen LogP contribution >= 0.6 is 11.6 Å². The van der Waals surface area contributed by atoms with E-state index in [-0.39, 0.29) is 6.03 Å². The second-order valence-electron chi connectivity index (χ2n) is 4.20. The van der Waals surface area contributed by atoms with Gasteiger partial charge in [0, 0.05) is 25.0 Å². The zero-order valence-corrected chi connectivity index (χ0v) is 10.4. The van der Waals surface area contributed by atoms with Gasteiger partial charge in [0.1, 0.15) is 5.15 Å². The molecular formula is C12H16ClN3O. The number of rotatable bonds is 1. The summed E-state index contributed by atoms with van der Waals surface area (Å²) in [5.41, 5.74) is 0.694. The van der Waals surface area contributed by atoms with Crippen molar-refractivity contribution in [2.45, 2.75) is 25.7 Å². The summed E-state index contributed by atoms with van der Waals surface area (Å²) in [4.78, 5) is 17.7. The van der Waals surface area contributed by atoms with E-state index in [9.17, 15) is 4.79 Å². The van der Waals surface area contributed by atoms with Crippen LogP contribution in [0.3, 0.4) is 0 Å². The number of urea groups is 1. The van der Waals surface area contributed by atoms with Crippen molar-refractivity contribution in [1.29, 1.82) is 0 Å². The van der Waals surface area contributed by atoms with Crippen molar-refractivity contribution in [1.82, 2.24) is 9.88 Å². The Hall–Kier alpha value is -1.29. The van der Waals surface area contributed by atoms with Gasteiger partial charge in [0.2, 0.25) is 0 Å². The van der Waals surface area contributed by atoms with Gasteiger partial charge in [-0.05, 0) is 25.0 Å². The van der Waals surface area contributed by atoms with Gasteiger partial charge in [-0.15, -0.1) is 0 Å². The summed E-state index contributed by atoms with van der Waals surface area (Å²) in [6, 6.07) is 3.34. The number of hydrogen-bond acceptors (Lipinski definition) is 2. The van der Waals surface area contributed by atoms with Crippen molar-refractivity contribution >= 4 is 23.3 Å². The normalized spacial score (nSPS) is 16.4. The fourth-order valence-electron chi connectivity index (χ4n) is 1.96. The second-order valence-corrected chi connectivity index (χ2v) is 4.59. The van der Waals surface area contributed by atoms with Crippen LogP contribution < -0.4 is 5.32 Å². The predicted molar refractivity (Wildman–Crippen MR) is 68.3 cm³/mol. The van der Waals surface area contributed by atoms with Crippen LogP contribution in [0.2, 0.25) is 5.15 Å². The van der Waals surface area contributed by atoms with E-state index in [1.807, 2.05) is 4.90 Å². The van der Waals surface area contributed by atoms with E-state index in [0.717, 1.165) is 25.9 Å². The maximum absolute atomic E-state index is 12.0. The first-order valence-electron chi connectivity index (χ1n) is 5.93. The molecule has 1 N–H and O–H groups in total. The summed E-state index contributed by atoms with van der Waals surface area (Å²) in [5.74, 6) is 0. The van der Waals surface area contributed by atoms with Crippen LogP contribution in [-0.4, -0.2) is 29.0 Å². The topological polar surface area (TPSA) is 45.2 Å². The maximum atomic E-state index is 12.0. The lowest BCUT2D eigenvalue weighted by Crippen LogP contribution is -2.35. The van der Waals surface area contributed by atoms with Crippen molar-refractivity contribution in [3.8, 4) is 0 Å². The zero-order chi connectivity index (χ0) is 12.1. The average molecular weight is 254 g/mol. The molecule has 1 aromatic heterocycles. The van der Waals surface area contributed by atoms with Crippen LogP contribution in [0.15, 0.2) is 18.3 Å². The molecule has 1 aromatic rings. The van der Waals surface area contributed by atoms with Gasteiger partial charge in [0.15, 0.2) is 0 Å². The Kier molecular flexibility index (Phi) is 4.20. The van der Waals surface area contributed by atoms with Crippen LogP contribution in [0.4, 0.5) is 10.5 Å². The van der Waals surface area contributed by atoms with E-state index in [1.165, 1.54) is 12.8 Å². The fraction of sp³-hybridized carbons (Fsp3) is 0.500. The molecule has 17 heavy (non-hydrogen) atoms. The number of nitrogens with one attached hydrogen (secondary N) is 1. The third-order valence-corrected chi connectivity index (χ3v) is 3.08. The Bertz CT molecular complexity index is 389. The van der Waals surface area contributed by atoms with Crippen molar-refractivity contribution in [2.24, 2.45) is 0 Å². The molecule has 1 saturated heterocycles. The van der Waals surface area contributed by atoms with E-state index >= 15 is 0 Å². The first-order valence-corrected chi connectivity index (χ1v) is 6.31. The standard InChI is InChI=1S/C12H16ClN3O/c13-11-9-10(5-6-14-11)15-12(17)16-7-3-1-2-4-8-16/h5-6,9H,1-4,7-8H2,(H,14,15,17). The van der Waals surface area contributed by atoms with Crippen LogP contribution in [0.1, 0.15) is 25.7 Å². The van der Waals surface area contributed by atoms with Crippen molar-refractivity contribution < 1.29 is 4.79 Å². The molecule has 1 aliphatic heterocycles. The van der Waals surface area contributed by atoms with Gasteiger partial charge in [-0.25, -0.2) is 9.78 Å². The molecule has 4 nitrogen and oxygen atoms in total. The molecule has 1 fully saturated rings. The minimum Gasteiger partial charge on any atom is -0.325 e. The van der Waals surface area contributed by atoms with Gasteiger partial charge >= 0.3 is 6.03 Å². The molecule has 1 aliphatic rings. The van der Waals surface area contributed by atoms with Gasteiger partial charge in [0.25, 0.3) is 0 Å². The lowest BCUT2D eigenvalue weighted by Gasteiger charge is -2.20. The van der Waals surface area contributed by atoms with Crippen molar-refractivity contribution in [3.05, 3.63) is 23.5 Å². The largest absolute Gasteiger partial charge is 0.325 e. The first-order chi connectivity index (χ1) is 8.25. The lowest BCUT2D eigenvalue weighted by molar-refractivity contribution is 0.214. The Labute approximate surface area is 106 Å². The second kappa shape index (κ2) is 5.87. The highest BCUT2D eigenvalue weighted by Crippen LogP contribution is 2.14. The molecular weight excluding hydrogens is 238 g/mol. The SMILES string of the molecule is O=C(Nc1ccnc(Cl)c1)N1CCCCCC1. The highest BCUT2D eigenvalue weighted by Gasteiger charge is 2.15. The smallest absolute Gasteiger partial charge is 0.321 e. The Morgan fingerprint density at radius 1 is 1.29 bits per heavy atom. The molecule has 0 bridgehead atoms. The molecule has 0 atom stereocenters. The number of nitrogens with zero attached hydrogens (tertiary/aromatic N) is 2. The lowest BCUT2D eigenvalue weighted by atomic mass is 10.2. The van der Waals surface area contributed by atoms with E-state index in [2.05, 4.69) is 10.3 Å². The molecule has 2 amide bonds. The van der Waals surface area contributed by atoms with Crippen LogP contribution in [0.25, 0.3) is 0 Å². The molecule has 5 heteroatoms. The van der Waals surface area contributed by atoms with E-state index in [4.69, 9.17) is 11.6 Å². The summed E-state index contributed by atoms with van der Waals surface area (Å²) >= 11 is 5.76. The number of carbonyl (C=O) groups excluding carboxylic acids is 1.